The zero-order valence-corrected chi connectivity index (χ0v) is 18.3. The first-order valence-corrected chi connectivity index (χ1v) is 10.4. The Hall–Kier alpha value is -2.46. The molecule has 29 heavy (non-hydrogen) atoms. The molecular formula is C25H32N2O2. The fraction of sp³-hybridized carbons (Fsp3) is 0.440. The highest BCUT2D eigenvalue weighted by atomic mass is 16.2. The third-order valence-corrected chi connectivity index (χ3v) is 6.07. The van der Waals surface area contributed by atoms with Crippen LogP contribution < -0.4 is 0 Å². The summed E-state index contributed by atoms with van der Waals surface area (Å²) in [6.07, 6.45) is 0.471. The van der Waals surface area contributed by atoms with Crippen molar-refractivity contribution in [3.8, 4) is 0 Å². The summed E-state index contributed by atoms with van der Waals surface area (Å²) < 4.78 is 0. The van der Waals surface area contributed by atoms with E-state index in [-0.39, 0.29) is 11.7 Å². The minimum atomic E-state index is 0.132. The summed E-state index contributed by atoms with van der Waals surface area (Å²) in [6.45, 7) is 14.0. The number of hydrogen-bond acceptors (Lipinski definition) is 3. The van der Waals surface area contributed by atoms with Crippen molar-refractivity contribution in [2.45, 2.75) is 47.6 Å². The Morgan fingerprint density at radius 3 is 2.10 bits per heavy atom. The van der Waals surface area contributed by atoms with Crippen molar-refractivity contribution in [3.05, 3.63) is 69.3 Å². The van der Waals surface area contributed by atoms with E-state index in [1.54, 1.807) is 6.92 Å². The van der Waals surface area contributed by atoms with Gasteiger partial charge in [-0.05, 0) is 62.4 Å². The maximum absolute atomic E-state index is 12.7. The van der Waals surface area contributed by atoms with Crippen LogP contribution in [0.3, 0.4) is 0 Å². The number of nitrogens with zero attached hydrogens (tertiary/aromatic N) is 2. The van der Waals surface area contributed by atoms with Crippen molar-refractivity contribution in [2.75, 3.05) is 26.2 Å². The molecule has 4 heteroatoms. The van der Waals surface area contributed by atoms with Gasteiger partial charge in [0.2, 0.25) is 5.91 Å². The average molecular weight is 393 g/mol. The summed E-state index contributed by atoms with van der Waals surface area (Å²) in [5.74, 6) is 0.336. The molecule has 4 nitrogen and oxygen atoms in total. The first kappa shape index (κ1) is 21.3. The number of ketones is 1. The van der Waals surface area contributed by atoms with Crippen LogP contribution in [-0.2, 0) is 17.8 Å². The summed E-state index contributed by atoms with van der Waals surface area (Å²) >= 11 is 0. The van der Waals surface area contributed by atoms with Crippen LogP contribution in [0.15, 0.2) is 30.3 Å². The molecule has 0 saturated carbocycles. The fourth-order valence-corrected chi connectivity index (χ4v) is 4.38. The monoisotopic (exact) mass is 392 g/mol. The number of piperazine rings is 1. The Morgan fingerprint density at radius 1 is 0.897 bits per heavy atom. The van der Waals surface area contributed by atoms with Gasteiger partial charge in [0.25, 0.3) is 0 Å². The zero-order chi connectivity index (χ0) is 21.1. The molecule has 0 aliphatic carbocycles. The van der Waals surface area contributed by atoms with E-state index < -0.39 is 0 Å². The van der Waals surface area contributed by atoms with Crippen LogP contribution in [0, 0.1) is 27.7 Å². The van der Waals surface area contributed by atoms with Gasteiger partial charge in [-0.25, -0.2) is 0 Å². The second-order valence-electron chi connectivity index (χ2n) is 8.36. The molecule has 1 heterocycles. The number of benzene rings is 2. The van der Waals surface area contributed by atoms with Crippen LogP contribution in [0.1, 0.15) is 50.7 Å². The number of aryl methyl sites for hydroxylation is 3. The van der Waals surface area contributed by atoms with Gasteiger partial charge in [0, 0.05) is 38.3 Å². The largest absolute Gasteiger partial charge is 0.340 e. The summed E-state index contributed by atoms with van der Waals surface area (Å²) in [4.78, 5) is 29.1. The Kier molecular flexibility index (Phi) is 6.53. The lowest BCUT2D eigenvalue weighted by atomic mass is 9.91. The lowest BCUT2D eigenvalue weighted by Crippen LogP contribution is -2.48. The minimum absolute atomic E-state index is 0.132. The van der Waals surface area contributed by atoms with Crippen molar-refractivity contribution in [1.29, 1.82) is 0 Å². The highest BCUT2D eigenvalue weighted by Gasteiger charge is 2.23. The van der Waals surface area contributed by atoms with Gasteiger partial charge in [-0.15, -0.1) is 0 Å². The molecule has 0 N–H and O–H groups in total. The molecule has 1 aliphatic rings. The lowest BCUT2D eigenvalue weighted by Gasteiger charge is -2.35. The van der Waals surface area contributed by atoms with Crippen LogP contribution in [0.25, 0.3) is 0 Å². The number of carbonyl (C=O) groups excluding carboxylic acids is 2. The van der Waals surface area contributed by atoms with Gasteiger partial charge in [0.05, 0.1) is 6.42 Å². The van der Waals surface area contributed by atoms with Crippen molar-refractivity contribution >= 4 is 11.7 Å². The molecule has 1 saturated heterocycles. The van der Waals surface area contributed by atoms with E-state index in [0.717, 1.165) is 55.0 Å². The molecule has 1 aliphatic heterocycles. The molecular weight excluding hydrogens is 360 g/mol. The van der Waals surface area contributed by atoms with Crippen LogP contribution in [0.4, 0.5) is 0 Å². The van der Waals surface area contributed by atoms with Crippen molar-refractivity contribution in [3.63, 3.8) is 0 Å². The standard InChI is InChI=1S/C25H32N2O2/c1-17-6-8-22(9-7-17)15-24(29)27-12-10-26(11-13-27)16-23-18(2)14-19(3)25(20(23)4)21(5)28/h6-9,14H,10-13,15-16H2,1-5H3. The van der Waals surface area contributed by atoms with Crippen molar-refractivity contribution < 1.29 is 9.59 Å². The Bertz CT molecular complexity index is 907. The van der Waals surface area contributed by atoms with Gasteiger partial charge in [0.15, 0.2) is 5.78 Å². The number of carbonyl (C=O) groups is 2. The van der Waals surface area contributed by atoms with Crippen LogP contribution >= 0.6 is 0 Å². The predicted molar refractivity (Wildman–Crippen MR) is 117 cm³/mol. The molecule has 2 aromatic rings. The summed E-state index contributed by atoms with van der Waals surface area (Å²) in [7, 11) is 0. The number of rotatable bonds is 5. The van der Waals surface area contributed by atoms with Gasteiger partial charge in [-0.2, -0.15) is 0 Å². The van der Waals surface area contributed by atoms with E-state index >= 15 is 0 Å². The molecule has 0 aromatic heterocycles. The first-order valence-electron chi connectivity index (χ1n) is 10.4. The second-order valence-corrected chi connectivity index (χ2v) is 8.36. The molecule has 0 unspecified atom stereocenters. The van der Waals surface area contributed by atoms with Gasteiger partial charge in [-0.3, -0.25) is 14.5 Å². The maximum Gasteiger partial charge on any atom is 0.227 e. The van der Waals surface area contributed by atoms with Crippen LogP contribution in [0.2, 0.25) is 0 Å². The smallest absolute Gasteiger partial charge is 0.227 e. The Labute approximate surface area is 174 Å². The van der Waals surface area contributed by atoms with E-state index in [4.69, 9.17) is 0 Å². The topological polar surface area (TPSA) is 40.6 Å². The Balaban J connectivity index is 1.61. The normalized spacial score (nSPS) is 14.9. The van der Waals surface area contributed by atoms with Crippen LogP contribution in [-0.4, -0.2) is 47.7 Å². The highest BCUT2D eigenvalue weighted by Crippen LogP contribution is 2.24. The number of hydrogen-bond donors (Lipinski definition) is 0. The third-order valence-electron chi connectivity index (χ3n) is 6.07. The minimum Gasteiger partial charge on any atom is -0.340 e. The molecule has 0 radical (unpaired) electrons. The highest BCUT2D eigenvalue weighted by molar-refractivity contribution is 5.97. The van der Waals surface area contributed by atoms with Gasteiger partial charge in [0.1, 0.15) is 0 Å². The quantitative estimate of drug-likeness (QED) is 0.722. The molecule has 1 amide bonds. The van der Waals surface area contributed by atoms with E-state index in [2.05, 4.69) is 43.9 Å². The molecule has 1 fully saturated rings. The van der Waals surface area contributed by atoms with E-state index in [1.807, 2.05) is 24.0 Å². The van der Waals surface area contributed by atoms with Crippen molar-refractivity contribution in [1.82, 2.24) is 9.80 Å². The Morgan fingerprint density at radius 2 is 1.52 bits per heavy atom. The molecule has 3 rings (SSSR count). The molecule has 154 valence electrons. The second kappa shape index (κ2) is 8.91. The average Bonchev–Trinajstić information content (AvgIpc) is 2.67. The van der Waals surface area contributed by atoms with Gasteiger partial charge >= 0.3 is 0 Å². The fourth-order valence-electron chi connectivity index (χ4n) is 4.38. The number of Topliss-reactive ketones (excluding diaryl/α,β-unsaturated/α-hetero) is 1. The zero-order valence-electron chi connectivity index (χ0n) is 18.3. The molecule has 0 atom stereocenters. The number of amides is 1. The van der Waals surface area contributed by atoms with Crippen LogP contribution in [0.5, 0.6) is 0 Å². The summed E-state index contributed by atoms with van der Waals surface area (Å²) in [6, 6.07) is 10.3. The SMILES string of the molecule is CC(=O)c1c(C)cc(C)c(CN2CCN(C(=O)Cc3ccc(C)cc3)CC2)c1C. The van der Waals surface area contributed by atoms with Gasteiger partial charge < -0.3 is 4.90 Å². The van der Waals surface area contributed by atoms with Crippen molar-refractivity contribution in [2.24, 2.45) is 0 Å². The molecule has 0 bridgehead atoms. The lowest BCUT2D eigenvalue weighted by molar-refractivity contribution is -0.132. The van der Waals surface area contributed by atoms with E-state index in [1.165, 1.54) is 16.7 Å². The van der Waals surface area contributed by atoms with E-state index in [9.17, 15) is 9.59 Å². The summed E-state index contributed by atoms with van der Waals surface area (Å²) in [5.41, 5.74) is 7.80. The third kappa shape index (κ3) is 4.94. The molecule has 2 aromatic carbocycles. The summed E-state index contributed by atoms with van der Waals surface area (Å²) in [5, 5.41) is 0. The van der Waals surface area contributed by atoms with Gasteiger partial charge in [-0.1, -0.05) is 35.9 Å². The van der Waals surface area contributed by atoms with E-state index in [0.29, 0.717) is 6.42 Å². The first-order chi connectivity index (χ1) is 13.8. The maximum atomic E-state index is 12.7. The predicted octanol–water partition coefficient (Wildman–Crippen LogP) is 4.01. The molecule has 0 spiro atoms.